The highest BCUT2D eigenvalue weighted by molar-refractivity contribution is 5.92. The minimum atomic E-state index is -0.293. The number of rotatable bonds is 5. The van der Waals surface area contributed by atoms with Gasteiger partial charge in [-0.15, -0.1) is 0 Å². The number of imidazole rings is 1. The molecule has 0 fully saturated rings. The van der Waals surface area contributed by atoms with Crippen LogP contribution in [0.1, 0.15) is 0 Å². The van der Waals surface area contributed by atoms with E-state index in [4.69, 9.17) is 19.9 Å². The van der Waals surface area contributed by atoms with Crippen molar-refractivity contribution in [2.24, 2.45) is 0 Å². The van der Waals surface area contributed by atoms with E-state index in [1.165, 1.54) is 0 Å². The molecule has 0 spiro atoms. The number of ether oxygens (including phenoxy) is 3. The third-order valence-electron chi connectivity index (χ3n) is 4.64. The lowest BCUT2D eigenvalue weighted by Gasteiger charge is -2.08. The quantitative estimate of drug-likeness (QED) is 0.497. The molecule has 2 aromatic carbocycles. The molecule has 1 aliphatic rings. The number of fused-ring (bicyclic) bond motifs is 2. The molecule has 0 saturated heterocycles. The van der Waals surface area contributed by atoms with Crippen LogP contribution in [0.2, 0.25) is 0 Å². The Balaban J connectivity index is 1.31. The van der Waals surface area contributed by atoms with Crippen LogP contribution >= 0.6 is 0 Å². The van der Waals surface area contributed by atoms with Crippen molar-refractivity contribution in [3.63, 3.8) is 0 Å². The first-order valence-corrected chi connectivity index (χ1v) is 9.32. The Labute approximate surface area is 171 Å². The van der Waals surface area contributed by atoms with E-state index in [0.29, 0.717) is 34.3 Å². The van der Waals surface area contributed by atoms with Gasteiger partial charge in [0.2, 0.25) is 6.79 Å². The lowest BCUT2D eigenvalue weighted by atomic mass is 10.1. The maximum absolute atomic E-state index is 12.3. The van der Waals surface area contributed by atoms with Gasteiger partial charge >= 0.3 is 0 Å². The number of carbonyl (C=O) groups excluding carboxylic acids is 1. The number of amides is 1. The Kier molecular flexibility index (Phi) is 4.36. The zero-order chi connectivity index (χ0) is 20.5. The Bertz CT molecular complexity index is 1250. The standard InChI is InChI=1S/C22H18N4O4/c23-15-4-1-3-14(9-15)17-11-26-8-2-5-19(22(26)25-17)28-12-21(27)24-16-6-7-18-20(10-16)30-13-29-18/h1-11H,12-13,23H2,(H,24,27). The summed E-state index contributed by atoms with van der Waals surface area (Å²) in [6.45, 7) is 0.0241. The van der Waals surface area contributed by atoms with E-state index in [-0.39, 0.29) is 19.3 Å². The lowest BCUT2D eigenvalue weighted by molar-refractivity contribution is -0.118. The van der Waals surface area contributed by atoms with E-state index in [0.717, 1.165) is 11.3 Å². The van der Waals surface area contributed by atoms with Gasteiger partial charge in [-0.2, -0.15) is 0 Å². The number of benzene rings is 2. The number of carbonyl (C=O) groups is 1. The summed E-state index contributed by atoms with van der Waals surface area (Å²) in [6.07, 6.45) is 3.77. The largest absolute Gasteiger partial charge is 0.480 e. The van der Waals surface area contributed by atoms with Crippen molar-refractivity contribution < 1.29 is 19.0 Å². The second kappa shape index (κ2) is 7.32. The molecule has 2 aromatic heterocycles. The number of nitrogens with two attached hydrogens (primary N) is 1. The van der Waals surface area contributed by atoms with Gasteiger partial charge in [0.15, 0.2) is 29.5 Å². The molecule has 5 rings (SSSR count). The fraction of sp³-hybridized carbons (Fsp3) is 0.0909. The van der Waals surface area contributed by atoms with Crippen LogP contribution in [0.5, 0.6) is 17.2 Å². The van der Waals surface area contributed by atoms with Crippen LogP contribution in [-0.4, -0.2) is 28.7 Å². The highest BCUT2D eigenvalue weighted by atomic mass is 16.7. The Morgan fingerprint density at radius 1 is 1.13 bits per heavy atom. The van der Waals surface area contributed by atoms with Crippen LogP contribution < -0.4 is 25.3 Å². The van der Waals surface area contributed by atoms with Crippen molar-refractivity contribution in [1.29, 1.82) is 0 Å². The Hall–Kier alpha value is -4.20. The molecular weight excluding hydrogens is 384 g/mol. The summed E-state index contributed by atoms with van der Waals surface area (Å²) in [4.78, 5) is 17.0. The molecule has 0 bridgehead atoms. The summed E-state index contributed by atoms with van der Waals surface area (Å²) >= 11 is 0. The lowest BCUT2D eigenvalue weighted by Crippen LogP contribution is -2.20. The zero-order valence-corrected chi connectivity index (χ0v) is 15.9. The van der Waals surface area contributed by atoms with Crippen LogP contribution in [0.3, 0.4) is 0 Å². The number of nitrogens with zero attached hydrogens (tertiary/aromatic N) is 2. The van der Waals surface area contributed by atoms with E-state index in [9.17, 15) is 4.79 Å². The normalized spacial score (nSPS) is 12.1. The molecule has 0 radical (unpaired) electrons. The minimum absolute atomic E-state index is 0.158. The van der Waals surface area contributed by atoms with E-state index in [2.05, 4.69) is 10.3 Å². The average molecular weight is 402 g/mol. The smallest absolute Gasteiger partial charge is 0.262 e. The highest BCUT2D eigenvalue weighted by Crippen LogP contribution is 2.34. The van der Waals surface area contributed by atoms with Gasteiger partial charge in [0, 0.05) is 35.4 Å². The van der Waals surface area contributed by atoms with Crippen molar-refractivity contribution in [2.75, 3.05) is 24.5 Å². The van der Waals surface area contributed by atoms with Crippen LogP contribution in [0.25, 0.3) is 16.9 Å². The molecule has 0 atom stereocenters. The first kappa shape index (κ1) is 17.9. The van der Waals surface area contributed by atoms with E-state index in [1.807, 2.05) is 47.1 Å². The van der Waals surface area contributed by atoms with Crippen molar-refractivity contribution >= 4 is 22.9 Å². The van der Waals surface area contributed by atoms with Crippen molar-refractivity contribution in [2.45, 2.75) is 0 Å². The Morgan fingerprint density at radius 2 is 2.03 bits per heavy atom. The molecule has 3 heterocycles. The maximum atomic E-state index is 12.3. The van der Waals surface area contributed by atoms with Gasteiger partial charge in [0.05, 0.1) is 5.69 Å². The first-order valence-electron chi connectivity index (χ1n) is 9.32. The molecule has 0 unspecified atom stereocenters. The molecule has 150 valence electrons. The molecule has 0 saturated carbocycles. The summed E-state index contributed by atoms with van der Waals surface area (Å²) in [6, 6.07) is 16.3. The highest BCUT2D eigenvalue weighted by Gasteiger charge is 2.15. The summed E-state index contributed by atoms with van der Waals surface area (Å²) in [5.41, 5.74) is 9.44. The van der Waals surface area contributed by atoms with E-state index in [1.54, 1.807) is 24.3 Å². The summed E-state index contributed by atoms with van der Waals surface area (Å²) in [5.74, 6) is 1.48. The number of hydrogen-bond donors (Lipinski definition) is 2. The molecule has 8 nitrogen and oxygen atoms in total. The van der Waals surface area contributed by atoms with Gasteiger partial charge in [-0.1, -0.05) is 12.1 Å². The van der Waals surface area contributed by atoms with Crippen LogP contribution in [0, 0.1) is 0 Å². The fourth-order valence-electron chi connectivity index (χ4n) is 3.25. The van der Waals surface area contributed by atoms with Gasteiger partial charge < -0.3 is 29.7 Å². The SMILES string of the molecule is Nc1cccc(-c2cn3cccc(OCC(=O)Nc4ccc5c(c4)OCO5)c3n2)c1. The number of anilines is 2. The van der Waals surface area contributed by atoms with Crippen molar-refractivity contribution in [3.05, 3.63) is 67.0 Å². The number of pyridine rings is 1. The van der Waals surface area contributed by atoms with Gasteiger partial charge in [-0.25, -0.2) is 4.98 Å². The fourth-order valence-corrected chi connectivity index (χ4v) is 3.25. The van der Waals surface area contributed by atoms with Gasteiger partial charge in [-0.05, 0) is 36.4 Å². The second-order valence-electron chi connectivity index (χ2n) is 6.76. The molecule has 1 aliphatic heterocycles. The molecule has 8 heteroatoms. The number of nitrogens with one attached hydrogen (secondary N) is 1. The zero-order valence-electron chi connectivity index (χ0n) is 15.9. The third kappa shape index (κ3) is 3.46. The molecule has 1 amide bonds. The van der Waals surface area contributed by atoms with Crippen LogP contribution in [0.4, 0.5) is 11.4 Å². The predicted molar refractivity (Wildman–Crippen MR) is 112 cm³/mol. The molecule has 4 aromatic rings. The molecule has 30 heavy (non-hydrogen) atoms. The second-order valence-corrected chi connectivity index (χ2v) is 6.76. The number of hydrogen-bond acceptors (Lipinski definition) is 6. The molecule has 0 aliphatic carbocycles. The third-order valence-corrected chi connectivity index (χ3v) is 4.64. The Morgan fingerprint density at radius 3 is 2.93 bits per heavy atom. The maximum Gasteiger partial charge on any atom is 0.262 e. The van der Waals surface area contributed by atoms with Crippen molar-refractivity contribution in [3.8, 4) is 28.5 Å². The van der Waals surface area contributed by atoms with Gasteiger partial charge in [-0.3, -0.25) is 4.79 Å². The topological polar surface area (TPSA) is 100 Å². The molecular formula is C22H18N4O4. The summed E-state index contributed by atoms with van der Waals surface area (Å²) < 4.78 is 18.2. The van der Waals surface area contributed by atoms with Crippen LogP contribution in [-0.2, 0) is 4.79 Å². The predicted octanol–water partition coefficient (Wildman–Crippen LogP) is 3.33. The van der Waals surface area contributed by atoms with E-state index < -0.39 is 0 Å². The van der Waals surface area contributed by atoms with Gasteiger partial charge in [0.1, 0.15) is 0 Å². The van der Waals surface area contributed by atoms with Crippen LogP contribution in [0.15, 0.2) is 67.0 Å². The minimum Gasteiger partial charge on any atom is -0.480 e. The summed E-state index contributed by atoms with van der Waals surface area (Å²) in [7, 11) is 0. The number of nitrogen functional groups attached to an aromatic ring is 1. The van der Waals surface area contributed by atoms with E-state index >= 15 is 0 Å². The monoisotopic (exact) mass is 402 g/mol. The van der Waals surface area contributed by atoms with Crippen molar-refractivity contribution in [1.82, 2.24) is 9.38 Å². The summed E-state index contributed by atoms with van der Waals surface area (Å²) in [5, 5.41) is 2.79. The first-order chi connectivity index (χ1) is 14.7. The average Bonchev–Trinajstić information content (AvgIpc) is 3.39. The number of aromatic nitrogens is 2. The molecule has 3 N–H and O–H groups in total. The van der Waals surface area contributed by atoms with Gasteiger partial charge in [0.25, 0.3) is 5.91 Å².